The van der Waals surface area contributed by atoms with Gasteiger partial charge in [0, 0.05) is 5.56 Å². The monoisotopic (exact) mass is 438 g/mol. The Morgan fingerprint density at radius 1 is 1.17 bits per heavy atom. The molecule has 0 atom stereocenters. The molecule has 0 unspecified atom stereocenters. The Balaban J connectivity index is 2.12. The molecule has 0 spiro atoms. The van der Waals surface area contributed by atoms with Crippen molar-refractivity contribution >= 4 is 34.7 Å². The summed E-state index contributed by atoms with van der Waals surface area (Å²) >= 11 is 2.20. The first-order chi connectivity index (χ1) is 11.7. The van der Waals surface area contributed by atoms with E-state index >= 15 is 0 Å². The number of nitrogens with zero attached hydrogens (tertiary/aromatic N) is 1. The van der Waals surface area contributed by atoms with Crippen LogP contribution in [0.4, 0.5) is 0 Å². The molecule has 5 nitrogen and oxygen atoms in total. The van der Waals surface area contributed by atoms with Crippen molar-refractivity contribution in [3.8, 4) is 11.5 Å². The molecular weight excluding hydrogens is 419 g/mol. The van der Waals surface area contributed by atoms with Gasteiger partial charge in [0.15, 0.2) is 11.5 Å². The van der Waals surface area contributed by atoms with Crippen LogP contribution in [-0.2, 0) is 0 Å². The van der Waals surface area contributed by atoms with Crippen LogP contribution in [0.5, 0.6) is 11.5 Å². The van der Waals surface area contributed by atoms with Gasteiger partial charge in [-0.2, -0.15) is 5.10 Å². The average Bonchev–Trinajstić information content (AvgIpc) is 2.59. The van der Waals surface area contributed by atoms with Crippen molar-refractivity contribution in [2.45, 2.75) is 13.8 Å². The second kappa shape index (κ2) is 9.27. The Morgan fingerprint density at radius 3 is 2.54 bits per heavy atom. The Labute approximate surface area is 155 Å². The smallest absolute Gasteiger partial charge is 0.271 e. The number of ether oxygens (including phenoxy) is 2. The SMILES string of the molecule is CCOc1cc(/C=N/NC(=O)c2ccccc2)cc(I)c1OCC. The molecule has 0 aliphatic rings. The highest BCUT2D eigenvalue weighted by Crippen LogP contribution is 2.33. The number of halogens is 1. The van der Waals surface area contributed by atoms with E-state index in [1.807, 2.05) is 44.2 Å². The highest BCUT2D eigenvalue weighted by molar-refractivity contribution is 14.1. The van der Waals surface area contributed by atoms with E-state index in [0.29, 0.717) is 24.5 Å². The zero-order valence-corrected chi connectivity index (χ0v) is 15.7. The Morgan fingerprint density at radius 2 is 1.88 bits per heavy atom. The van der Waals surface area contributed by atoms with E-state index in [2.05, 4.69) is 33.1 Å². The Bertz CT molecular complexity index is 718. The molecule has 0 aliphatic carbocycles. The van der Waals surface area contributed by atoms with Crippen molar-refractivity contribution in [2.75, 3.05) is 13.2 Å². The van der Waals surface area contributed by atoms with Gasteiger partial charge >= 0.3 is 0 Å². The molecule has 2 rings (SSSR count). The first kappa shape index (κ1) is 18.3. The molecule has 0 aliphatic heterocycles. The highest BCUT2D eigenvalue weighted by Gasteiger charge is 2.11. The van der Waals surface area contributed by atoms with E-state index < -0.39 is 0 Å². The highest BCUT2D eigenvalue weighted by atomic mass is 127. The standard InChI is InChI=1S/C18H19IN2O3/c1-3-23-16-11-13(10-15(19)17(16)24-4-2)12-20-21-18(22)14-8-6-5-7-9-14/h5-12H,3-4H2,1-2H3,(H,21,22)/b20-12+. The molecular formula is C18H19IN2O3. The number of hydrazone groups is 1. The van der Waals surface area contributed by atoms with Gasteiger partial charge in [-0.1, -0.05) is 18.2 Å². The molecule has 24 heavy (non-hydrogen) atoms. The van der Waals surface area contributed by atoms with E-state index in [0.717, 1.165) is 14.9 Å². The summed E-state index contributed by atoms with van der Waals surface area (Å²) in [4.78, 5) is 11.9. The third-order valence-corrected chi connectivity index (χ3v) is 3.84. The number of carbonyl (C=O) groups excluding carboxylic acids is 1. The lowest BCUT2D eigenvalue weighted by Crippen LogP contribution is -2.17. The first-order valence-corrected chi connectivity index (χ1v) is 8.71. The number of hydrogen-bond donors (Lipinski definition) is 1. The van der Waals surface area contributed by atoms with Gasteiger partial charge in [0.25, 0.3) is 5.91 Å². The summed E-state index contributed by atoms with van der Waals surface area (Å²) in [7, 11) is 0. The van der Waals surface area contributed by atoms with E-state index in [1.165, 1.54) is 0 Å². The van der Waals surface area contributed by atoms with Crippen LogP contribution in [0.1, 0.15) is 29.8 Å². The van der Waals surface area contributed by atoms with Crippen LogP contribution >= 0.6 is 22.6 Å². The summed E-state index contributed by atoms with van der Waals surface area (Å²) in [5, 5.41) is 4.01. The van der Waals surface area contributed by atoms with Crippen LogP contribution in [0.25, 0.3) is 0 Å². The fourth-order valence-electron chi connectivity index (χ4n) is 2.03. The van der Waals surface area contributed by atoms with Gasteiger partial charge in [0.05, 0.1) is 23.0 Å². The van der Waals surface area contributed by atoms with Crippen LogP contribution in [0.3, 0.4) is 0 Å². The number of amides is 1. The topological polar surface area (TPSA) is 59.9 Å². The van der Waals surface area contributed by atoms with Gasteiger partial charge < -0.3 is 9.47 Å². The number of nitrogens with one attached hydrogen (secondary N) is 1. The lowest BCUT2D eigenvalue weighted by molar-refractivity contribution is 0.0955. The van der Waals surface area contributed by atoms with Gasteiger partial charge in [-0.15, -0.1) is 0 Å². The number of hydrogen-bond acceptors (Lipinski definition) is 4. The van der Waals surface area contributed by atoms with Crippen molar-refractivity contribution in [3.05, 3.63) is 57.2 Å². The molecule has 2 aromatic rings. The molecule has 1 amide bonds. The van der Waals surface area contributed by atoms with Gasteiger partial charge in [-0.3, -0.25) is 4.79 Å². The van der Waals surface area contributed by atoms with Crippen molar-refractivity contribution in [1.29, 1.82) is 0 Å². The molecule has 126 valence electrons. The van der Waals surface area contributed by atoms with E-state index in [-0.39, 0.29) is 5.91 Å². The maximum atomic E-state index is 11.9. The summed E-state index contributed by atoms with van der Waals surface area (Å²) in [5.74, 6) is 1.14. The second-order valence-corrected chi connectivity index (χ2v) is 5.92. The van der Waals surface area contributed by atoms with E-state index in [1.54, 1.807) is 18.3 Å². The molecule has 0 saturated carbocycles. The van der Waals surface area contributed by atoms with Gasteiger partial charge in [0.1, 0.15) is 0 Å². The maximum Gasteiger partial charge on any atom is 0.271 e. The third-order valence-electron chi connectivity index (χ3n) is 3.04. The number of rotatable bonds is 7. The van der Waals surface area contributed by atoms with Crippen molar-refractivity contribution < 1.29 is 14.3 Å². The zero-order valence-electron chi connectivity index (χ0n) is 13.6. The van der Waals surface area contributed by atoms with Crippen LogP contribution < -0.4 is 14.9 Å². The van der Waals surface area contributed by atoms with Crippen molar-refractivity contribution in [2.24, 2.45) is 5.10 Å². The quantitative estimate of drug-likeness (QED) is 0.406. The fourth-order valence-corrected chi connectivity index (χ4v) is 2.81. The summed E-state index contributed by atoms with van der Waals surface area (Å²) in [5.41, 5.74) is 3.89. The number of benzene rings is 2. The number of carbonyl (C=O) groups is 1. The predicted octanol–water partition coefficient (Wildman–Crippen LogP) is 3.85. The molecule has 0 aromatic heterocycles. The minimum Gasteiger partial charge on any atom is -0.490 e. The Kier molecular flexibility index (Phi) is 7.05. The predicted molar refractivity (Wildman–Crippen MR) is 103 cm³/mol. The molecule has 0 fully saturated rings. The van der Waals surface area contributed by atoms with E-state index in [4.69, 9.17) is 9.47 Å². The summed E-state index contributed by atoms with van der Waals surface area (Å²) in [6.07, 6.45) is 1.58. The molecule has 0 heterocycles. The van der Waals surface area contributed by atoms with Crippen molar-refractivity contribution in [3.63, 3.8) is 0 Å². The van der Waals surface area contributed by atoms with Gasteiger partial charge in [-0.25, -0.2) is 5.43 Å². The molecule has 1 N–H and O–H groups in total. The normalized spacial score (nSPS) is 10.6. The average molecular weight is 438 g/mol. The Hall–Kier alpha value is -2.09. The van der Waals surface area contributed by atoms with Crippen LogP contribution in [0.2, 0.25) is 0 Å². The molecule has 2 aromatic carbocycles. The second-order valence-electron chi connectivity index (χ2n) is 4.76. The largest absolute Gasteiger partial charge is 0.490 e. The van der Waals surface area contributed by atoms with Gasteiger partial charge in [0.2, 0.25) is 0 Å². The van der Waals surface area contributed by atoms with Gasteiger partial charge in [-0.05, 0) is 66.3 Å². The molecule has 0 bridgehead atoms. The van der Waals surface area contributed by atoms with Crippen LogP contribution in [0, 0.1) is 3.57 Å². The summed E-state index contributed by atoms with van der Waals surface area (Å²) < 4.78 is 12.2. The molecule has 0 radical (unpaired) electrons. The zero-order chi connectivity index (χ0) is 17.4. The van der Waals surface area contributed by atoms with E-state index in [9.17, 15) is 4.79 Å². The third kappa shape index (κ3) is 4.95. The maximum absolute atomic E-state index is 11.9. The minimum absolute atomic E-state index is 0.252. The summed E-state index contributed by atoms with van der Waals surface area (Å²) in [6.45, 7) is 4.96. The minimum atomic E-state index is -0.252. The first-order valence-electron chi connectivity index (χ1n) is 7.63. The fraction of sp³-hybridized carbons (Fsp3) is 0.222. The lowest BCUT2D eigenvalue weighted by atomic mass is 10.2. The molecule has 0 saturated heterocycles. The molecule has 6 heteroatoms. The van der Waals surface area contributed by atoms with Crippen LogP contribution in [-0.4, -0.2) is 25.3 Å². The summed E-state index contributed by atoms with van der Waals surface area (Å²) in [6, 6.07) is 12.7. The lowest BCUT2D eigenvalue weighted by Gasteiger charge is -2.13. The van der Waals surface area contributed by atoms with Crippen LogP contribution in [0.15, 0.2) is 47.6 Å². The van der Waals surface area contributed by atoms with Crippen molar-refractivity contribution in [1.82, 2.24) is 5.43 Å².